The second-order valence-electron chi connectivity index (χ2n) is 4.41. The number of ether oxygens (including phenoxy) is 1. The van der Waals surface area contributed by atoms with Crippen molar-refractivity contribution in [2.24, 2.45) is 0 Å². The van der Waals surface area contributed by atoms with Crippen molar-refractivity contribution in [2.45, 2.75) is 13.0 Å². The van der Waals surface area contributed by atoms with Gasteiger partial charge in [-0.3, -0.25) is 0 Å². The van der Waals surface area contributed by atoms with Gasteiger partial charge in [0, 0.05) is 15.1 Å². The minimum atomic E-state index is -0.798. The second kappa shape index (κ2) is 6.48. The summed E-state index contributed by atoms with van der Waals surface area (Å²) < 4.78 is 7.06. The largest absolute Gasteiger partial charge is 0.495 e. The van der Waals surface area contributed by atoms with Gasteiger partial charge in [0.05, 0.1) is 11.6 Å². The van der Waals surface area contributed by atoms with E-state index in [0.29, 0.717) is 16.3 Å². The van der Waals surface area contributed by atoms with E-state index >= 15 is 0 Å². The first-order valence-electron chi connectivity index (χ1n) is 5.91. The zero-order valence-electron chi connectivity index (χ0n) is 11.0. The van der Waals surface area contributed by atoms with E-state index in [1.807, 2.05) is 25.1 Å². The molecule has 0 radical (unpaired) electrons. The average molecular weight is 421 g/mol. The van der Waals surface area contributed by atoms with Gasteiger partial charge in [-0.1, -0.05) is 33.6 Å². The van der Waals surface area contributed by atoms with Crippen LogP contribution in [0, 0.1) is 6.92 Å². The molecule has 2 aromatic carbocycles. The summed E-state index contributed by atoms with van der Waals surface area (Å²) in [6, 6.07) is 9.21. The van der Waals surface area contributed by atoms with Crippen LogP contribution >= 0.6 is 43.5 Å². The van der Waals surface area contributed by atoms with Gasteiger partial charge in [-0.05, 0) is 58.2 Å². The van der Waals surface area contributed by atoms with Gasteiger partial charge >= 0.3 is 0 Å². The predicted octanol–water partition coefficient (Wildman–Crippen LogP) is 5.26. The third kappa shape index (κ3) is 3.19. The van der Waals surface area contributed by atoms with E-state index in [1.54, 1.807) is 19.2 Å². The van der Waals surface area contributed by atoms with Crippen LogP contribution in [-0.2, 0) is 0 Å². The van der Waals surface area contributed by atoms with Gasteiger partial charge < -0.3 is 9.84 Å². The molecule has 2 aromatic rings. The monoisotopic (exact) mass is 418 g/mol. The van der Waals surface area contributed by atoms with E-state index in [-0.39, 0.29) is 0 Å². The number of halogens is 3. The molecule has 106 valence electrons. The van der Waals surface area contributed by atoms with E-state index < -0.39 is 6.10 Å². The number of benzene rings is 2. The first-order chi connectivity index (χ1) is 9.43. The number of hydrogen-bond donors (Lipinski definition) is 1. The molecule has 0 amide bonds. The highest BCUT2D eigenvalue weighted by Crippen LogP contribution is 2.39. The maximum absolute atomic E-state index is 10.6. The molecule has 0 aliphatic rings. The Kier molecular flexibility index (Phi) is 5.13. The number of aryl methyl sites for hydroxylation is 1. The summed E-state index contributed by atoms with van der Waals surface area (Å²) in [5.41, 5.74) is 2.45. The van der Waals surface area contributed by atoms with E-state index in [4.69, 9.17) is 16.3 Å². The fourth-order valence-electron chi connectivity index (χ4n) is 2.11. The maximum Gasteiger partial charge on any atom is 0.139 e. The average Bonchev–Trinajstić information content (AvgIpc) is 2.37. The fourth-order valence-corrected chi connectivity index (χ4v) is 3.58. The van der Waals surface area contributed by atoms with Crippen LogP contribution in [0.1, 0.15) is 22.8 Å². The molecule has 0 aliphatic carbocycles. The summed E-state index contributed by atoms with van der Waals surface area (Å²) in [6.07, 6.45) is -0.798. The lowest BCUT2D eigenvalue weighted by molar-refractivity contribution is 0.214. The third-order valence-electron chi connectivity index (χ3n) is 3.06. The van der Waals surface area contributed by atoms with Gasteiger partial charge in [0.25, 0.3) is 0 Å². The van der Waals surface area contributed by atoms with Crippen molar-refractivity contribution < 1.29 is 9.84 Å². The topological polar surface area (TPSA) is 29.5 Å². The molecule has 0 bridgehead atoms. The molecule has 1 unspecified atom stereocenters. The van der Waals surface area contributed by atoms with Crippen molar-refractivity contribution in [3.8, 4) is 5.75 Å². The van der Waals surface area contributed by atoms with Crippen molar-refractivity contribution in [1.82, 2.24) is 0 Å². The Labute approximate surface area is 140 Å². The molecular weight excluding hydrogens is 407 g/mol. The highest BCUT2D eigenvalue weighted by molar-refractivity contribution is 9.10. The van der Waals surface area contributed by atoms with Gasteiger partial charge in [0.1, 0.15) is 11.9 Å². The first kappa shape index (κ1) is 15.8. The molecule has 1 N–H and O–H groups in total. The van der Waals surface area contributed by atoms with Crippen molar-refractivity contribution in [3.05, 3.63) is 61.0 Å². The van der Waals surface area contributed by atoms with Gasteiger partial charge in [-0.15, -0.1) is 0 Å². The molecule has 1 atom stereocenters. The Balaban J connectivity index is 2.55. The number of aliphatic hydroxyl groups excluding tert-OH is 1. The molecule has 5 heteroatoms. The maximum atomic E-state index is 10.6. The van der Waals surface area contributed by atoms with Gasteiger partial charge in [-0.2, -0.15) is 0 Å². The Morgan fingerprint density at radius 3 is 2.45 bits per heavy atom. The van der Waals surface area contributed by atoms with E-state index in [0.717, 1.165) is 20.1 Å². The fraction of sp³-hybridized carbons (Fsp3) is 0.200. The van der Waals surface area contributed by atoms with Crippen LogP contribution in [0.2, 0.25) is 5.02 Å². The standard InChI is InChI=1S/C15H13Br2ClO2/c1-8-5-9(16)3-4-11(8)14(19)12-6-10(18)7-13(17)15(12)20-2/h3-7,14,19H,1-2H3. The molecular formula is C15H13Br2ClO2. The normalized spacial score (nSPS) is 12.3. The van der Waals surface area contributed by atoms with Gasteiger partial charge in [-0.25, -0.2) is 0 Å². The third-order valence-corrected chi connectivity index (χ3v) is 4.36. The SMILES string of the molecule is COc1c(Br)cc(Cl)cc1C(O)c1ccc(Br)cc1C. The molecule has 0 heterocycles. The summed E-state index contributed by atoms with van der Waals surface area (Å²) in [5, 5.41) is 11.2. The Morgan fingerprint density at radius 1 is 1.15 bits per heavy atom. The second-order valence-corrected chi connectivity index (χ2v) is 6.62. The molecule has 0 spiro atoms. The molecule has 0 aromatic heterocycles. The summed E-state index contributed by atoms with van der Waals surface area (Å²) in [7, 11) is 1.57. The molecule has 20 heavy (non-hydrogen) atoms. The molecule has 0 fully saturated rings. The summed E-state index contributed by atoms with van der Waals surface area (Å²) in [4.78, 5) is 0. The number of hydrogen-bond acceptors (Lipinski definition) is 2. The number of methoxy groups -OCH3 is 1. The number of aliphatic hydroxyl groups is 1. The lowest BCUT2D eigenvalue weighted by Gasteiger charge is -2.18. The molecule has 0 aliphatic heterocycles. The molecule has 0 saturated heterocycles. The van der Waals surface area contributed by atoms with Crippen LogP contribution in [0.3, 0.4) is 0 Å². The predicted molar refractivity (Wildman–Crippen MR) is 88.6 cm³/mol. The zero-order valence-corrected chi connectivity index (χ0v) is 14.9. The highest BCUT2D eigenvalue weighted by Gasteiger charge is 2.20. The highest BCUT2D eigenvalue weighted by atomic mass is 79.9. The molecule has 0 saturated carbocycles. The summed E-state index contributed by atoms with van der Waals surface area (Å²) in [6.45, 7) is 1.95. The smallest absolute Gasteiger partial charge is 0.139 e. The minimum absolute atomic E-state index is 0.543. The first-order valence-corrected chi connectivity index (χ1v) is 7.87. The Bertz CT molecular complexity index is 644. The van der Waals surface area contributed by atoms with Crippen LogP contribution in [0.4, 0.5) is 0 Å². The van der Waals surface area contributed by atoms with Crippen LogP contribution in [0.5, 0.6) is 5.75 Å². The van der Waals surface area contributed by atoms with Crippen LogP contribution in [-0.4, -0.2) is 12.2 Å². The van der Waals surface area contributed by atoms with E-state index in [9.17, 15) is 5.11 Å². The van der Waals surface area contributed by atoms with Crippen molar-refractivity contribution >= 4 is 43.5 Å². The molecule has 2 nitrogen and oxygen atoms in total. The van der Waals surface area contributed by atoms with Crippen molar-refractivity contribution in [1.29, 1.82) is 0 Å². The van der Waals surface area contributed by atoms with Gasteiger partial charge in [0.15, 0.2) is 0 Å². The van der Waals surface area contributed by atoms with E-state index in [1.165, 1.54) is 0 Å². The lowest BCUT2D eigenvalue weighted by Crippen LogP contribution is -2.05. The number of rotatable bonds is 3. The summed E-state index contributed by atoms with van der Waals surface area (Å²) >= 11 is 12.9. The summed E-state index contributed by atoms with van der Waals surface area (Å²) in [5.74, 6) is 0.587. The van der Waals surface area contributed by atoms with Crippen molar-refractivity contribution in [2.75, 3.05) is 7.11 Å². The zero-order chi connectivity index (χ0) is 14.9. The van der Waals surface area contributed by atoms with Crippen molar-refractivity contribution in [3.63, 3.8) is 0 Å². The van der Waals surface area contributed by atoms with Crippen LogP contribution in [0.15, 0.2) is 39.3 Å². The Morgan fingerprint density at radius 2 is 1.85 bits per heavy atom. The van der Waals surface area contributed by atoms with Gasteiger partial charge in [0.2, 0.25) is 0 Å². The van der Waals surface area contributed by atoms with Crippen LogP contribution < -0.4 is 4.74 Å². The Hall–Kier alpha value is -0.550. The van der Waals surface area contributed by atoms with E-state index in [2.05, 4.69) is 31.9 Å². The minimum Gasteiger partial charge on any atom is -0.495 e. The van der Waals surface area contributed by atoms with Crippen LogP contribution in [0.25, 0.3) is 0 Å². The molecule has 2 rings (SSSR count). The lowest BCUT2D eigenvalue weighted by atomic mass is 9.97. The quantitative estimate of drug-likeness (QED) is 0.734.